The number of hydrogen-bond donors (Lipinski definition) is 2. The van der Waals surface area contributed by atoms with E-state index in [-0.39, 0.29) is 12.3 Å². The van der Waals surface area contributed by atoms with Gasteiger partial charge >= 0.3 is 0 Å². The predicted molar refractivity (Wildman–Crippen MR) is 117 cm³/mol. The van der Waals surface area contributed by atoms with Gasteiger partial charge in [0.25, 0.3) is 0 Å². The van der Waals surface area contributed by atoms with Gasteiger partial charge in [0.15, 0.2) is 0 Å². The number of pyridine rings is 1. The first-order valence-electron chi connectivity index (χ1n) is 9.47. The average molecular weight is 412 g/mol. The standard InChI is InChI=1S/C20H25N7OS/c1-3-4-7-17(21-2)27-11-8-16(9-12-27)23-19-25-26-20(29-19)24-18(28)13-15-6-5-10-22-14-15/h3-7,10,14,16H,1,8-9,11-13H2,2H3,(H,23,25)(H,24,26,28)/b7-4-,21-17+. The van der Waals surface area contributed by atoms with Gasteiger partial charge in [-0.3, -0.25) is 14.8 Å². The monoisotopic (exact) mass is 411 g/mol. The number of allylic oxidation sites excluding steroid dienone is 2. The second kappa shape index (κ2) is 10.5. The minimum absolute atomic E-state index is 0.132. The van der Waals surface area contributed by atoms with E-state index in [1.165, 1.54) is 11.3 Å². The van der Waals surface area contributed by atoms with Crippen LogP contribution >= 0.6 is 11.3 Å². The molecule has 0 bridgehead atoms. The summed E-state index contributed by atoms with van der Waals surface area (Å²) >= 11 is 1.35. The quantitative estimate of drug-likeness (QED) is 0.413. The molecule has 1 fully saturated rings. The zero-order valence-corrected chi connectivity index (χ0v) is 17.2. The van der Waals surface area contributed by atoms with Gasteiger partial charge in [-0.1, -0.05) is 36.1 Å². The van der Waals surface area contributed by atoms with Gasteiger partial charge in [-0.05, 0) is 30.5 Å². The summed E-state index contributed by atoms with van der Waals surface area (Å²) in [5, 5.41) is 15.7. The lowest BCUT2D eigenvalue weighted by Crippen LogP contribution is -2.41. The molecule has 9 heteroatoms. The molecule has 2 aromatic heterocycles. The van der Waals surface area contributed by atoms with Crippen LogP contribution in [0.15, 0.2) is 54.3 Å². The third kappa shape index (κ3) is 6.21. The molecule has 1 saturated heterocycles. The van der Waals surface area contributed by atoms with Crippen molar-refractivity contribution >= 4 is 33.3 Å². The molecule has 0 unspecified atom stereocenters. The number of carbonyl (C=O) groups excluding carboxylic acids is 1. The molecule has 2 aromatic rings. The highest BCUT2D eigenvalue weighted by molar-refractivity contribution is 7.19. The van der Waals surface area contributed by atoms with Crippen molar-refractivity contribution in [1.82, 2.24) is 20.1 Å². The number of carbonyl (C=O) groups is 1. The lowest BCUT2D eigenvalue weighted by Gasteiger charge is -2.33. The number of piperidine rings is 1. The Morgan fingerprint density at radius 3 is 2.86 bits per heavy atom. The molecule has 152 valence electrons. The first-order valence-corrected chi connectivity index (χ1v) is 10.3. The topological polar surface area (TPSA) is 95.4 Å². The van der Waals surface area contributed by atoms with E-state index in [9.17, 15) is 4.79 Å². The maximum Gasteiger partial charge on any atom is 0.230 e. The van der Waals surface area contributed by atoms with E-state index in [1.54, 1.807) is 25.5 Å². The normalized spacial score (nSPS) is 15.5. The first kappa shape index (κ1) is 20.7. The van der Waals surface area contributed by atoms with E-state index in [2.05, 4.69) is 42.3 Å². The first-order chi connectivity index (χ1) is 14.2. The van der Waals surface area contributed by atoms with Crippen LogP contribution in [0.5, 0.6) is 0 Å². The van der Waals surface area contributed by atoms with E-state index in [0.717, 1.165) is 42.5 Å². The summed E-state index contributed by atoms with van der Waals surface area (Å²) < 4.78 is 0. The van der Waals surface area contributed by atoms with Crippen molar-refractivity contribution in [2.24, 2.45) is 4.99 Å². The molecule has 1 aliphatic rings. The van der Waals surface area contributed by atoms with Gasteiger partial charge in [0.05, 0.1) is 6.42 Å². The number of anilines is 2. The molecule has 1 aliphatic heterocycles. The lowest BCUT2D eigenvalue weighted by molar-refractivity contribution is -0.115. The smallest absolute Gasteiger partial charge is 0.230 e. The zero-order chi connectivity index (χ0) is 20.5. The summed E-state index contributed by atoms with van der Waals surface area (Å²) in [7, 11) is 1.80. The van der Waals surface area contributed by atoms with Crippen molar-refractivity contribution in [1.29, 1.82) is 0 Å². The third-order valence-corrected chi connectivity index (χ3v) is 5.29. The van der Waals surface area contributed by atoms with Crippen LogP contribution in [0.25, 0.3) is 0 Å². The van der Waals surface area contributed by atoms with E-state index < -0.39 is 0 Å². The second-order valence-electron chi connectivity index (χ2n) is 6.58. The largest absolute Gasteiger partial charge is 0.357 e. The number of rotatable bonds is 7. The maximum absolute atomic E-state index is 12.1. The minimum Gasteiger partial charge on any atom is -0.357 e. The SMILES string of the molecule is C=C/C=C\C(=N/C)N1CCC(Nc2nnc(NC(=O)Cc3cccnc3)s2)CC1. The van der Waals surface area contributed by atoms with Gasteiger partial charge in [-0.25, -0.2) is 0 Å². The molecule has 0 spiro atoms. The molecule has 2 N–H and O–H groups in total. The fourth-order valence-electron chi connectivity index (χ4n) is 3.09. The van der Waals surface area contributed by atoms with E-state index in [4.69, 9.17) is 0 Å². The van der Waals surface area contributed by atoms with Crippen LogP contribution in [0.4, 0.5) is 10.3 Å². The van der Waals surface area contributed by atoms with Crippen LogP contribution in [-0.4, -0.2) is 58.0 Å². The van der Waals surface area contributed by atoms with Crippen molar-refractivity contribution in [2.75, 3.05) is 30.8 Å². The Labute approximate surface area is 174 Å². The Morgan fingerprint density at radius 2 is 2.17 bits per heavy atom. The Morgan fingerprint density at radius 1 is 1.38 bits per heavy atom. The van der Waals surface area contributed by atoms with Gasteiger partial charge in [0.1, 0.15) is 5.84 Å². The number of aliphatic imine (C=N–C) groups is 1. The highest BCUT2D eigenvalue weighted by Crippen LogP contribution is 2.23. The highest BCUT2D eigenvalue weighted by atomic mass is 32.1. The number of likely N-dealkylation sites (tertiary alicyclic amines) is 1. The fourth-order valence-corrected chi connectivity index (χ4v) is 3.82. The van der Waals surface area contributed by atoms with Crippen LogP contribution in [0.3, 0.4) is 0 Å². The van der Waals surface area contributed by atoms with Crippen molar-refractivity contribution in [3.05, 3.63) is 54.9 Å². The molecule has 0 atom stereocenters. The summed E-state index contributed by atoms with van der Waals surface area (Å²) in [6, 6.07) is 4.00. The van der Waals surface area contributed by atoms with Gasteiger partial charge in [0.2, 0.25) is 16.2 Å². The van der Waals surface area contributed by atoms with Crippen LogP contribution < -0.4 is 10.6 Å². The number of aromatic nitrogens is 3. The summed E-state index contributed by atoms with van der Waals surface area (Å²) in [4.78, 5) is 22.8. The van der Waals surface area contributed by atoms with Gasteiger partial charge in [0, 0.05) is 38.6 Å². The third-order valence-electron chi connectivity index (χ3n) is 4.52. The van der Waals surface area contributed by atoms with Crippen LogP contribution in [-0.2, 0) is 11.2 Å². The molecule has 1 amide bonds. The molecule has 3 rings (SSSR count). The van der Waals surface area contributed by atoms with Crippen molar-refractivity contribution in [3.63, 3.8) is 0 Å². The van der Waals surface area contributed by atoms with Crippen molar-refractivity contribution in [2.45, 2.75) is 25.3 Å². The van der Waals surface area contributed by atoms with E-state index in [0.29, 0.717) is 11.2 Å². The molecular weight excluding hydrogens is 386 g/mol. The number of nitrogens with one attached hydrogen (secondary N) is 2. The molecule has 0 aromatic carbocycles. The van der Waals surface area contributed by atoms with Crippen LogP contribution in [0.2, 0.25) is 0 Å². The van der Waals surface area contributed by atoms with Crippen LogP contribution in [0.1, 0.15) is 18.4 Å². The van der Waals surface area contributed by atoms with E-state index >= 15 is 0 Å². The molecule has 3 heterocycles. The molecule has 29 heavy (non-hydrogen) atoms. The minimum atomic E-state index is -0.132. The number of nitrogens with zero attached hydrogens (tertiary/aromatic N) is 5. The molecule has 8 nitrogen and oxygen atoms in total. The van der Waals surface area contributed by atoms with E-state index in [1.807, 2.05) is 24.3 Å². The Kier molecular flexibility index (Phi) is 7.46. The van der Waals surface area contributed by atoms with Gasteiger partial charge in [-0.2, -0.15) is 0 Å². The van der Waals surface area contributed by atoms with Crippen molar-refractivity contribution in [3.8, 4) is 0 Å². The molecule has 0 radical (unpaired) electrons. The average Bonchev–Trinajstić information content (AvgIpc) is 3.17. The molecule has 0 aliphatic carbocycles. The zero-order valence-electron chi connectivity index (χ0n) is 16.4. The highest BCUT2D eigenvalue weighted by Gasteiger charge is 2.21. The summed E-state index contributed by atoms with van der Waals surface area (Å²) in [5.41, 5.74) is 0.859. The lowest BCUT2D eigenvalue weighted by atomic mass is 10.1. The van der Waals surface area contributed by atoms with Gasteiger partial charge < -0.3 is 15.5 Å². The van der Waals surface area contributed by atoms with Crippen molar-refractivity contribution < 1.29 is 4.79 Å². The number of amidine groups is 1. The second-order valence-corrected chi connectivity index (χ2v) is 7.56. The van der Waals surface area contributed by atoms with Gasteiger partial charge in [-0.15, -0.1) is 10.2 Å². The fraction of sp³-hybridized carbons (Fsp3) is 0.350. The Bertz CT molecular complexity index is 870. The summed E-state index contributed by atoms with van der Waals surface area (Å²) in [5.74, 6) is 0.839. The number of hydrogen-bond acceptors (Lipinski definition) is 7. The number of amides is 1. The van der Waals surface area contributed by atoms with Crippen LogP contribution in [0, 0.1) is 0 Å². The summed E-state index contributed by atoms with van der Waals surface area (Å²) in [6.07, 6.45) is 11.2. The summed E-state index contributed by atoms with van der Waals surface area (Å²) in [6.45, 7) is 5.53. The molecular formula is C20H25N7OS. The maximum atomic E-state index is 12.1. The Balaban J connectivity index is 1.46. The molecule has 0 saturated carbocycles. The Hall–Kier alpha value is -3.07. The predicted octanol–water partition coefficient (Wildman–Crippen LogP) is 2.76.